The summed E-state index contributed by atoms with van der Waals surface area (Å²) in [4.78, 5) is 21.8. The third kappa shape index (κ3) is 6.06. The summed E-state index contributed by atoms with van der Waals surface area (Å²) in [7, 11) is -3.51. The Balaban J connectivity index is 1.62. The van der Waals surface area contributed by atoms with Gasteiger partial charge in [0.25, 0.3) is 5.91 Å². The Bertz CT molecular complexity index is 1340. The number of aromatic amines is 1. The standard InChI is InChI=1S/C22H20ClF3N4O4S/c1-35(32,33)19-7-6-18(29-19)17-10-13(11-27-20(17)30-9-8-14(24)12-30)21(31)28-15-2-4-16(5-3-15)34-22(23,25)26/h2-7,10-11,14,29H,8-9,12H2,1H3,(H,28,31)/t14-/m1/s1. The lowest BCUT2D eigenvalue weighted by molar-refractivity contribution is -0.0964. The van der Waals surface area contributed by atoms with Crippen molar-refractivity contribution in [1.82, 2.24) is 9.97 Å². The van der Waals surface area contributed by atoms with Crippen LogP contribution in [0.15, 0.2) is 53.7 Å². The van der Waals surface area contributed by atoms with Crippen molar-refractivity contribution in [3.8, 4) is 17.0 Å². The number of nitrogens with zero attached hydrogens (tertiary/aromatic N) is 2. The zero-order chi connectivity index (χ0) is 25.4. The van der Waals surface area contributed by atoms with Gasteiger partial charge in [0.2, 0.25) is 0 Å². The van der Waals surface area contributed by atoms with Gasteiger partial charge in [0.1, 0.15) is 22.8 Å². The fourth-order valence-corrected chi connectivity index (χ4v) is 4.33. The van der Waals surface area contributed by atoms with Crippen LogP contribution in [0.1, 0.15) is 16.8 Å². The monoisotopic (exact) mass is 528 g/mol. The lowest BCUT2D eigenvalue weighted by Crippen LogP contribution is -2.22. The Morgan fingerprint density at radius 2 is 1.97 bits per heavy atom. The molecule has 1 fully saturated rings. The van der Waals surface area contributed by atoms with Crippen LogP contribution < -0.4 is 15.0 Å². The van der Waals surface area contributed by atoms with Crippen LogP contribution >= 0.6 is 11.6 Å². The fraction of sp³-hybridized carbons (Fsp3) is 0.273. The first kappa shape index (κ1) is 24.9. The second-order valence-electron chi connectivity index (χ2n) is 7.96. The lowest BCUT2D eigenvalue weighted by atomic mass is 10.1. The summed E-state index contributed by atoms with van der Waals surface area (Å²) in [5.41, 5.74) is -2.60. The number of nitrogens with one attached hydrogen (secondary N) is 2. The van der Waals surface area contributed by atoms with Gasteiger partial charge in [-0.15, -0.1) is 8.78 Å². The summed E-state index contributed by atoms with van der Waals surface area (Å²) in [6, 6.07) is 9.61. The number of pyridine rings is 1. The summed E-state index contributed by atoms with van der Waals surface area (Å²) < 4.78 is 67.4. The number of sulfone groups is 1. The fourth-order valence-electron chi connectivity index (χ4n) is 3.63. The van der Waals surface area contributed by atoms with E-state index in [2.05, 4.69) is 20.0 Å². The van der Waals surface area contributed by atoms with E-state index in [1.54, 1.807) is 11.0 Å². The highest BCUT2D eigenvalue weighted by Crippen LogP contribution is 2.33. The highest BCUT2D eigenvalue weighted by Gasteiger charge is 2.28. The van der Waals surface area contributed by atoms with Crippen molar-refractivity contribution in [1.29, 1.82) is 0 Å². The predicted octanol–water partition coefficient (Wildman–Crippen LogP) is 4.45. The molecule has 0 bridgehead atoms. The van der Waals surface area contributed by atoms with E-state index < -0.39 is 27.5 Å². The lowest BCUT2D eigenvalue weighted by Gasteiger charge is -2.20. The second-order valence-corrected chi connectivity index (χ2v) is 10.4. The summed E-state index contributed by atoms with van der Waals surface area (Å²) in [5, 5.41) is 2.61. The van der Waals surface area contributed by atoms with Crippen LogP contribution in [-0.2, 0) is 9.84 Å². The number of carbonyl (C=O) groups excluding carboxylic acids is 1. The number of alkyl halides is 4. The van der Waals surface area contributed by atoms with Crippen LogP contribution in [0.25, 0.3) is 11.3 Å². The van der Waals surface area contributed by atoms with Gasteiger partial charge in [0, 0.05) is 41.8 Å². The van der Waals surface area contributed by atoms with Crippen molar-refractivity contribution in [3.63, 3.8) is 0 Å². The molecule has 1 aliphatic heterocycles. The molecule has 3 heterocycles. The van der Waals surface area contributed by atoms with Gasteiger partial charge in [-0.25, -0.2) is 17.8 Å². The smallest absolute Gasteiger partial charge is 0.420 e. The van der Waals surface area contributed by atoms with Gasteiger partial charge in [0.15, 0.2) is 9.84 Å². The number of H-pyrrole nitrogens is 1. The summed E-state index contributed by atoms with van der Waals surface area (Å²) >= 11 is 4.74. The number of halogens is 4. The molecule has 2 N–H and O–H groups in total. The first-order valence-electron chi connectivity index (χ1n) is 10.3. The maximum Gasteiger partial charge on any atom is 0.487 e. The van der Waals surface area contributed by atoms with E-state index in [-0.39, 0.29) is 22.9 Å². The Morgan fingerprint density at radius 1 is 1.26 bits per heavy atom. The number of benzene rings is 1. The highest BCUT2D eigenvalue weighted by atomic mass is 35.5. The Morgan fingerprint density at radius 3 is 2.54 bits per heavy atom. The molecule has 3 aromatic rings. The zero-order valence-electron chi connectivity index (χ0n) is 18.3. The Labute approximate surface area is 204 Å². The average molecular weight is 529 g/mol. The highest BCUT2D eigenvalue weighted by molar-refractivity contribution is 7.90. The van der Waals surface area contributed by atoms with E-state index in [1.165, 1.54) is 42.6 Å². The number of rotatable bonds is 7. The van der Waals surface area contributed by atoms with Crippen LogP contribution in [0.2, 0.25) is 0 Å². The molecular weight excluding hydrogens is 509 g/mol. The van der Waals surface area contributed by atoms with Crippen LogP contribution in [0.4, 0.5) is 24.7 Å². The first-order valence-corrected chi connectivity index (χ1v) is 12.6. The van der Waals surface area contributed by atoms with Crippen molar-refractivity contribution in [2.45, 2.75) is 23.2 Å². The molecule has 0 saturated carbocycles. The average Bonchev–Trinajstić information content (AvgIpc) is 3.43. The van der Waals surface area contributed by atoms with Gasteiger partial charge < -0.3 is 19.9 Å². The molecule has 1 saturated heterocycles. The molecule has 4 rings (SSSR count). The van der Waals surface area contributed by atoms with Gasteiger partial charge >= 0.3 is 5.57 Å². The van der Waals surface area contributed by atoms with Gasteiger partial charge in [-0.3, -0.25) is 4.79 Å². The van der Waals surface area contributed by atoms with E-state index in [4.69, 9.17) is 11.6 Å². The number of hydrogen-bond donors (Lipinski definition) is 2. The van der Waals surface area contributed by atoms with Crippen LogP contribution in [0.3, 0.4) is 0 Å². The SMILES string of the molecule is CS(=O)(=O)c1ccc(-c2cc(C(=O)Nc3ccc(OC(F)(F)Cl)cc3)cnc2N2CC[C@@H](F)C2)[nH]1. The molecule has 186 valence electrons. The molecule has 0 aliphatic carbocycles. The molecule has 1 amide bonds. The third-order valence-electron chi connectivity index (χ3n) is 5.25. The van der Waals surface area contributed by atoms with E-state index in [9.17, 15) is 26.4 Å². The minimum Gasteiger partial charge on any atom is -0.420 e. The molecular formula is C22H20ClF3N4O4S. The van der Waals surface area contributed by atoms with Gasteiger partial charge in [-0.2, -0.15) is 0 Å². The topological polar surface area (TPSA) is 104 Å². The van der Waals surface area contributed by atoms with E-state index in [0.717, 1.165) is 6.26 Å². The van der Waals surface area contributed by atoms with Crippen LogP contribution in [0, 0.1) is 0 Å². The van der Waals surface area contributed by atoms with Gasteiger partial charge in [0.05, 0.1) is 17.8 Å². The summed E-state index contributed by atoms with van der Waals surface area (Å²) in [6.45, 7) is 0.545. The van der Waals surface area contributed by atoms with Crippen molar-refractivity contribution in [3.05, 3.63) is 54.2 Å². The number of ether oxygens (including phenoxy) is 1. The number of anilines is 2. The molecule has 0 unspecified atom stereocenters. The van der Waals surface area contributed by atoms with Gasteiger partial charge in [-0.05, 0) is 48.9 Å². The normalized spacial score (nSPS) is 16.4. The van der Waals surface area contributed by atoms with Crippen molar-refractivity contribution < 1.29 is 31.1 Å². The minimum atomic E-state index is -3.86. The molecule has 35 heavy (non-hydrogen) atoms. The zero-order valence-corrected chi connectivity index (χ0v) is 19.8. The second kappa shape index (κ2) is 9.42. The van der Waals surface area contributed by atoms with Crippen LogP contribution in [-0.4, -0.2) is 55.4 Å². The van der Waals surface area contributed by atoms with E-state index in [0.29, 0.717) is 35.7 Å². The molecule has 0 spiro atoms. The maximum absolute atomic E-state index is 13.8. The number of aromatic nitrogens is 2. The van der Waals surface area contributed by atoms with E-state index >= 15 is 0 Å². The maximum atomic E-state index is 13.8. The van der Waals surface area contributed by atoms with Crippen LogP contribution in [0.5, 0.6) is 5.75 Å². The molecule has 8 nitrogen and oxygen atoms in total. The Hall–Kier alpha value is -3.25. The number of carbonyl (C=O) groups is 1. The summed E-state index contributed by atoms with van der Waals surface area (Å²) in [6.07, 6.45) is 1.70. The molecule has 1 aromatic carbocycles. The van der Waals surface area contributed by atoms with Crippen molar-refractivity contribution >= 4 is 38.9 Å². The third-order valence-corrected chi connectivity index (χ3v) is 6.37. The molecule has 0 radical (unpaired) electrons. The molecule has 1 atom stereocenters. The molecule has 2 aromatic heterocycles. The molecule has 1 aliphatic rings. The molecule has 13 heteroatoms. The number of hydrogen-bond acceptors (Lipinski definition) is 6. The van der Waals surface area contributed by atoms with Crippen molar-refractivity contribution in [2.24, 2.45) is 0 Å². The van der Waals surface area contributed by atoms with Crippen molar-refractivity contribution in [2.75, 3.05) is 29.6 Å². The predicted molar refractivity (Wildman–Crippen MR) is 125 cm³/mol. The summed E-state index contributed by atoms with van der Waals surface area (Å²) in [5.74, 6) is -0.338. The largest absolute Gasteiger partial charge is 0.487 e. The van der Waals surface area contributed by atoms with E-state index in [1.807, 2.05) is 0 Å². The number of amides is 1. The minimum absolute atomic E-state index is 0.0112. The first-order chi connectivity index (χ1) is 16.4. The quantitative estimate of drug-likeness (QED) is 0.439. The van der Waals surface area contributed by atoms with Gasteiger partial charge in [-0.1, -0.05) is 0 Å². The Kier molecular flexibility index (Phi) is 6.69.